The Hall–Kier alpha value is -1.42. The highest BCUT2D eigenvalue weighted by molar-refractivity contribution is 5.42. The largest absolute Gasteiger partial charge is 0.385 e. The quantitative estimate of drug-likeness (QED) is 0.533. The molecule has 0 spiro atoms. The van der Waals surface area contributed by atoms with Crippen LogP contribution in [0.15, 0.2) is 30.3 Å². The maximum atomic E-state index is 5.15. The molecule has 1 heteroatoms. The molecule has 0 saturated carbocycles. The Kier molecular flexibility index (Phi) is 4.56. The third kappa shape index (κ3) is 4.22. The van der Waals surface area contributed by atoms with Crippen molar-refractivity contribution in [1.29, 1.82) is 0 Å². The maximum absolute atomic E-state index is 5.15. The summed E-state index contributed by atoms with van der Waals surface area (Å²) in [5.41, 5.74) is 1.18. The van der Waals surface area contributed by atoms with Crippen molar-refractivity contribution < 1.29 is 0 Å². The second kappa shape index (κ2) is 6.14. The van der Waals surface area contributed by atoms with E-state index in [0.29, 0.717) is 0 Å². The molecular weight excluding hydrogens is 158 g/mol. The van der Waals surface area contributed by atoms with Crippen molar-refractivity contribution in [2.75, 3.05) is 11.9 Å². The lowest BCUT2D eigenvalue weighted by atomic mass is 10.2. The molecule has 0 bridgehead atoms. The number of hydrogen-bond donors (Lipinski definition) is 1. The second-order valence-corrected chi connectivity index (χ2v) is 2.95. The van der Waals surface area contributed by atoms with Gasteiger partial charge in [0.1, 0.15) is 0 Å². The average Bonchev–Trinajstić information content (AvgIpc) is 2.19. The van der Waals surface area contributed by atoms with E-state index in [2.05, 4.69) is 23.4 Å². The van der Waals surface area contributed by atoms with Crippen LogP contribution in [0, 0.1) is 12.3 Å². The van der Waals surface area contributed by atoms with Crippen molar-refractivity contribution in [2.24, 2.45) is 0 Å². The number of nitrogens with one attached hydrogen (secondary N) is 1. The number of unbranched alkanes of at least 4 members (excludes halogenated alkanes) is 2. The first-order valence-corrected chi connectivity index (χ1v) is 4.66. The van der Waals surface area contributed by atoms with E-state index in [0.717, 1.165) is 25.8 Å². The first-order valence-electron chi connectivity index (χ1n) is 4.66. The van der Waals surface area contributed by atoms with Crippen LogP contribution in [0.1, 0.15) is 19.3 Å². The molecule has 1 aromatic rings. The average molecular weight is 173 g/mol. The minimum absolute atomic E-state index is 0.885. The molecule has 0 aromatic heterocycles. The summed E-state index contributed by atoms with van der Waals surface area (Å²) < 4.78 is 0. The van der Waals surface area contributed by atoms with Crippen molar-refractivity contribution in [3.8, 4) is 12.3 Å². The summed E-state index contributed by atoms with van der Waals surface area (Å²) in [6.07, 6.45) is 8.28. The van der Waals surface area contributed by atoms with Crippen molar-refractivity contribution >= 4 is 5.69 Å². The van der Waals surface area contributed by atoms with Gasteiger partial charge in [0, 0.05) is 18.7 Å². The smallest absolute Gasteiger partial charge is 0.0340 e. The Balaban J connectivity index is 2.11. The van der Waals surface area contributed by atoms with Gasteiger partial charge < -0.3 is 5.32 Å². The molecular formula is C12H15N. The zero-order valence-corrected chi connectivity index (χ0v) is 7.79. The van der Waals surface area contributed by atoms with E-state index in [1.54, 1.807) is 0 Å². The molecule has 1 rings (SSSR count). The molecule has 0 saturated heterocycles. The minimum Gasteiger partial charge on any atom is -0.385 e. The van der Waals surface area contributed by atoms with E-state index < -0.39 is 0 Å². The molecule has 0 fully saturated rings. The third-order valence-electron chi connectivity index (χ3n) is 1.85. The topological polar surface area (TPSA) is 12.0 Å². The monoisotopic (exact) mass is 173 g/mol. The summed E-state index contributed by atoms with van der Waals surface area (Å²) in [6, 6.07) is 10.2. The molecule has 0 amide bonds. The SMILES string of the molecule is C#CCCCCNc1ccccc1. The van der Waals surface area contributed by atoms with E-state index in [9.17, 15) is 0 Å². The first kappa shape index (κ1) is 9.67. The maximum Gasteiger partial charge on any atom is 0.0340 e. The van der Waals surface area contributed by atoms with Gasteiger partial charge in [-0.15, -0.1) is 12.3 Å². The van der Waals surface area contributed by atoms with Crippen LogP contribution < -0.4 is 5.32 Å². The van der Waals surface area contributed by atoms with Gasteiger partial charge in [0.2, 0.25) is 0 Å². The van der Waals surface area contributed by atoms with Gasteiger partial charge in [-0.05, 0) is 25.0 Å². The molecule has 0 aliphatic carbocycles. The van der Waals surface area contributed by atoms with Crippen LogP contribution >= 0.6 is 0 Å². The lowest BCUT2D eigenvalue weighted by Gasteiger charge is -2.04. The van der Waals surface area contributed by atoms with Crippen LogP contribution in [0.25, 0.3) is 0 Å². The highest BCUT2D eigenvalue weighted by Crippen LogP contribution is 2.05. The molecule has 1 N–H and O–H groups in total. The van der Waals surface area contributed by atoms with Gasteiger partial charge in [-0.25, -0.2) is 0 Å². The molecule has 1 nitrogen and oxygen atoms in total. The fourth-order valence-electron chi connectivity index (χ4n) is 1.14. The Morgan fingerprint density at radius 3 is 2.62 bits per heavy atom. The number of anilines is 1. The zero-order chi connectivity index (χ0) is 9.36. The number of hydrogen-bond acceptors (Lipinski definition) is 1. The van der Waals surface area contributed by atoms with Crippen LogP contribution in [-0.2, 0) is 0 Å². The predicted molar refractivity (Wildman–Crippen MR) is 57.6 cm³/mol. The van der Waals surface area contributed by atoms with Crippen LogP contribution in [0.4, 0.5) is 5.69 Å². The van der Waals surface area contributed by atoms with Crippen molar-refractivity contribution in [1.82, 2.24) is 0 Å². The standard InChI is InChI=1S/C12H15N/c1-2-3-4-8-11-13-12-9-6-5-7-10-12/h1,5-7,9-10,13H,3-4,8,11H2. The van der Waals surface area contributed by atoms with Gasteiger partial charge in [0.25, 0.3) is 0 Å². The van der Waals surface area contributed by atoms with Crippen molar-refractivity contribution in [3.63, 3.8) is 0 Å². The third-order valence-corrected chi connectivity index (χ3v) is 1.85. The number of rotatable bonds is 5. The van der Waals surface area contributed by atoms with E-state index in [1.807, 2.05) is 18.2 Å². The fourth-order valence-corrected chi connectivity index (χ4v) is 1.14. The fraction of sp³-hybridized carbons (Fsp3) is 0.333. The molecule has 68 valence electrons. The van der Waals surface area contributed by atoms with E-state index in [1.165, 1.54) is 5.69 Å². The van der Waals surface area contributed by atoms with Gasteiger partial charge in [0.15, 0.2) is 0 Å². The second-order valence-electron chi connectivity index (χ2n) is 2.95. The van der Waals surface area contributed by atoms with Crippen molar-refractivity contribution in [3.05, 3.63) is 30.3 Å². The summed E-state index contributed by atoms with van der Waals surface area (Å²) in [7, 11) is 0. The van der Waals surface area contributed by atoms with E-state index in [-0.39, 0.29) is 0 Å². The van der Waals surface area contributed by atoms with Crippen LogP contribution in [0.5, 0.6) is 0 Å². The lowest BCUT2D eigenvalue weighted by molar-refractivity contribution is 0.789. The molecule has 0 unspecified atom stereocenters. The number of benzene rings is 1. The first-order chi connectivity index (χ1) is 6.43. The molecule has 0 aliphatic heterocycles. The van der Waals surface area contributed by atoms with E-state index in [4.69, 9.17) is 6.42 Å². The van der Waals surface area contributed by atoms with Crippen molar-refractivity contribution in [2.45, 2.75) is 19.3 Å². The van der Waals surface area contributed by atoms with Gasteiger partial charge in [0.05, 0.1) is 0 Å². The summed E-state index contributed by atoms with van der Waals surface area (Å²) in [5.74, 6) is 2.64. The zero-order valence-electron chi connectivity index (χ0n) is 7.79. The van der Waals surface area contributed by atoms with Gasteiger partial charge >= 0.3 is 0 Å². The highest BCUT2D eigenvalue weighted by atomic mass is 14.9. The summed E-state index contributed by atoms with van der Waals surface area (Å²) in [5, 5.41) is 3.33. The van der Waals surface area contributed by atoms with Gasteiger partial charge in [-0.3, -0.25) is 0 Å². The number of terminal acetylenes is 1. The van der Waals surface area contributed by atoms with Crippen LogP contribution in [0.3, 0.4) is 0 Å². The highest BCUT2D eigenvalue weighted by Gasteiger charge is 1.88. The van der Waals surface area contributed by atoms with Crippen LogP contribution in [0.2, 0.25) is 0 Å². The summed E-state index contributed by atoms with van der Waals surface area (Å²) in [6.45, 7) is 1.01. The molecule has 0 heterocycles. The lowest BCUT2D eigenvalue weighted by Crippen LogP contribution is -2.00. The number of para-hydroxylation sites is 1. The van der Waals surface area contributed by atoms with Gasteiger partial charge in [-0.1, -0.05) is 18.2 Å². The summed E-state index contributed by atoms with van der Waals surface area (Å²) >= 11 is 0. The Bertz CT molecular complexity index is 258. The molecule has 13 heavy (non-hydrogen) atoms. The molecule has 1 aromatic carbocycles. The van der Waals surface area contributed by atoms with Crippen LogP contribution in [-0.4, -0.2) is 6.54 Å². The molecule has 0 radical (unpaired) electrons. The van der Waals surface area contributed by atoms with E-state index >= 15 is 0 Å². The Morgan fingerprint density at radius 1 is 1.15 bits per heavy atom. The Labute approximate surface area is 80.2 Å². The normalized spacial score (nSPS) is 9.15. The summed E-state index contributed by atoms with van der Waals surface area (Å²) in [4.78, 5) is 0. The van der Waals surface area contributed by atoms with Gasteiger partial charge in [-0.2, -0.15) is 0 Å². The minimum atomic E-state index is 0.885. The predicted octanol–water partition coefficient (Wildman–Crippen LogP) is 2.90. The Morgan fingerprint density at radius 2 is 1.92 bits per heavy atom. The molecule has 0 aliphatic rings. The molecule has 0 atom stereocenters.